The summed E-state index contributed by atoms with van der Waals surface area (Å²) in [5, 5.41) is 3.42. The standard InChI is InChI=1S/C15H25NO2/c1-6-16-13(4)14-8-7-11(2)9-15(14)18-12(3)10-17-5/h7-9,12-13,16H,6,10H2,1-5H3. The van der Waals surface area contributed by atoms with E-state index in [4.69, 9.17) is 9.47 Å². The average molecular weight is 251 g/mol. The van der Waals surface area contributed by atoms with Gasteiger partial charge in [-0.15, -0.1) is 0 Å². The van der Waals surface area contributed by atoms with Crippen LogP contribution >= 0.6 is 0 Å². The van der Waals surface area contributed by atoms with Crippen molar-refractivity contribution in [1.82, 2.24) is 5.32 Å². The van der Waals surface area contributed by atoms with Crippen LogP contribution in [0.2, 0.25) is 0 Å². The molecule has 1 N–H and O–H groups in total. The molecule has 0 radical (unpaired) electrons. The lowest BCUT2D eigenvalue weighted by Crippen LogP contribution is -2.22. The van der Waals surface area contributed by atoms with Gasteiger partial charge >= 0.3 is 0 Å². The molecule has 1 aromatic rings. The lowest BCUT2D eigenvalue weighted by molar-refractivity contribution is 0.0910. The Kier molecular flexibility index (Phi) is 6.16. The highest BCUT2D eigenvalue weighted by molar-refractivity contribution is 5.39. The van der Waals surface area contributed by atoms with E-state index in [2.05, 4.69) is 44.3 Å². The number of hydrogen-bond acceptors (Lipinski definition) is 3. The molecule has 18 heavy (non-hydrogen) atoms. The molecule has 1 rings (SSSR count). The first-order chi connectivity index (χ1) is 8.58. The molecule has 0 spiro atoms. The zero-order valence-corrected chi connectivity index (χ0v) is 12.1. The second-order valence-corrected chi connectivity index (χ2v) is 4.70. The predicted molar refractivity (Wildman–Crippen MR) is 75.2 cm³/mol. The first-order valence-corrected chi connectivity index (χ1v) is 6.58. The summed E-state index contributed by atoms with van der Waals surface area (Å²) in [6, 6.07) is 6.64. The third kappa shape index (κ3) is 4.31. The first kappa shape index (κ1) is 15.0. The third-order valence-corrected chi connectivity index (χ3v) is 2.88. The van der Waals surface area contributed by atoms with Gasteiger partial charge in [0, 0.05) is 18.7 Å². The van der Waals surface area contributed by atoms with E-state index in [1.54, 1.807) is 7.11 Å². The van der Waals surface area contributed by atoms with Gasteiger partial charge < -0.3 is 14.8 Å². The lowest BCUT2D eigenvalue weighted by atomic mass is 10.0. The number of rotatable bonds is 7. The Balaban J connectivity index is 2.89. The molecule has 3 nitrogen and oxygen atoms in total. The number of benzene rings is 1. The minimum absolute atomic E-state index is 0.0596. The van der Waals surface area contributed by atoms with Gasteiger partial charge in [0.2, 0.25) is 0 Å². The van der Waals surface area contributed by atoms with E-state index in [9.17, 15) is 0 Å². The Morgan fingerprint density at radius 1 is 1.28 bits per heavy atom. The van der Waals surface area contributed by atoms with Crippen LogP contribution in [0.15, 0.2) is 18.2 Å². The molecule has 0 aliphatic rings. The Bertz CT molecular complexity index is 366. The van der Waals surface area contributed by atoms with Gasteiger partial charge in [-0.05, 0) is 38.9 Å². The van der Waals surface area contributed by atoms with E-state index in [-0.39, 0.29) is 6.10 Å². The van der Waals surface area contributed by atoms with Crippen LogP contribution in [0, 0.1) is 6.92 Å². The predicted octanol–water partition coefficient (Wildman–Crippen LogP) is 3.08. The van der Waals surface area contributed by atoms with E-state index >= 15 is 0 Å². The molecule has 0 saturated carbocycles. The molecule has 0 aliphatic heterocycles. The number of hydrogen-bond donors (Lipinski definition) is 1. The molecule has 2 unspecified atom stereocenters. The Hall–Kier alpha value is -1.06. The minimum Gasteiger partial charge on any atom is -0.488 e. The van der Waals surface area contributed by atoms with Crippen LogP contribution in [0.1, 0.15) is 37.9 Å². The second kappa shape index (κ2) is 7.39. The maximum absolute atomic E-state index is 5.97. The van der Waals surface area contributed by atoms with Gasteiger partial charge in [0.15, 0.2) is 0 Å². The molecule has 102 valence electrons. The molecular weight excluding hydrogens is 226 g/mol. The van der Waals surface area contributed by atoms with Crippen LogP contribution in [0.25, 0.3) is 0 Å². The zero-order valence-electron chi connectivity index (χ0n) is 12.1. The summed E-state index contributed by atoms with van der Waals surface area (Å²) in [7, 11) is 1.69. The molecule has 0 aliphatic carbocycles. The Morgan fingerprint density at radius 3 is 2.61 bits per heavy atom. The number of ether oxygens (including phenoxy) is 2. The lowest BCUT2D eigenvalue weighted by Gasteiger charge is -2.21. The van der Waals surface area contributed by atoms with E-state index < -0.39 is 0 Å². The summed E-state index contributed by atoms with van der Waals surface area (Å²) in [6.45, 7) is 9.91. The summed E-state index contributed by atoms with van der Waals surface area (Å²) in [6.07, 6.45) is 0.0596. The normalized spacial score (nSPS) is 14.3. The highest BCUT2D eigenvalue weighted by Crippen LogP contribution is 2.27. The number of nitrogens with one attached hydrogen (secondary N) is 1. The second-order valence-electron chi connectivity index (χ2n) is 4.70. The fourth-order valence-corrected chi connectivity index (χ4v) is 2.00. The molecule has 1 aromatic carbocycles. The minimum atomic E-state index is 0.0596. The molecule has 0 aromatic heterocycles. The fraction of sp³-hybridized carbons (Fsp3) is 0.600. The monoisotopic (exact) mass is 251 g/mol. The van der Waals surface area contributed by atoms with E-state index in [1.807, 2.05) is 6.92 Å². The molecular formula is C15H25NO2. The van der Waals surface area contributed by atoms with Crippen molar-refractivity contribution in [2.75, 3.05) is 20.3 Å². The van der Waals surface area contributed by atoms with Gasteiger partial charge in [0.05, 0.1) is 6.61 Å². The zero-order chi connectivity index (χ0) is 13.5. The molecule has 0 heterocycles. The van der Waals surface area contributed by atoms with Gasteiger partial charge in [0.1, 0.15) is 11.9 Å². The SMILES string of the molecule is CCNC(C)c1ccc(C)cc1OC(C)COC. The van der Waals surface area contributed by atoms with Gasteiger partial charge in [-0.25, -0.2) is 0 Å². The van der Waals surface area contributed by atoms with E-state index in [1.165, 1.54) is 11.1 Å². The van der Waals surface area contributed by atoms with Crippen molar-refractivity contribution in [2.24, 2.45) is 0 Å². The van der Waals surface area contributed by atoms with E-state index in [0.717, 1.165) is 12.3 Å². The number of aryl methyl sites for hydroxylation is 1. The van der Waals surface area contributed by atoms with Crippen LogP contribution < -0.4 is 10.1 Å². The molecule has 0 saturated heterocycles. The van der Waals surface area contributed by atoms with Gasteiger partial charge in [0.25, 0.3) is 0 Å². The summed E-state index contributed by atoms with van der Waals surface area (Å²) in [5.41, 5.74) is 2.41. The van der Waals surface area contributed by atoms with Crippen molar-refractivity contribution in [2.45, 2.75) is 39.8 Å². The van der Waals surface area contributed by atoms with Crippen molar-refractivity contribution in [3.05, 3.63) is 29.3 Å². The van der Waals surface area contributed by atoms with Crippen LogP contribution in [0.4, 0.5) is 0 Å². The summed E-state index contributed by atoms with van der Waals surface area (Å²) < 4.78 is 11.1. The van der Waals surface area contributed by atoms with Crippen molar-refractivity contribution in [3.63, 3.8) is 0 Å². The Labute approximate surface area is 110 Å². The van der Waals surface area contributed by atoms with Crippen molar-refractivity contribution in [1.29, 1.82) is 0 Å². The molecule has 2 atom stereocenters. The van der Waals surface area contributed by atoms with Crippen molar-refractivity contribution >= 4 is 0 Å². The van der Waals surface area contributed by atoms with Gasteiger partial charge in [-0.1, -0.05) is 19.1 Å². The van der Waals surface area contributed by atoms with Crippen LogP contribution in [0.3, 0.4) is 0 Å². The van der Waals surface area contributed by atoms with Crippen molar-refractivity contribution < 1.29 is 9.47 Å². The van der Waals surface area contributed by atoms with Crippen LogP contribution in [0.5, 0.6) is 5.75 Å². The largest absolute Gasteiger partial charge is 0.488 e. The quantitative estimate of drug-likeness (QED) is 0.808. The summed E-state index contributed by atoms with van der Waals surface area (Å²) in [4.78, 5) is 0. The maximum atomic E-state index is 5.97. The number of methoxy groups -OCH3 is 1. The highest BCUT2D eigenvalue weighted by Gasteiger charge is 2.13. The molecule has 3 heteroatoms. The highest BCUT2D eigenvalue weighted by atomic mass is 16.5. The van der Waals surface area contributed by atoms with Crippen molar-refractivity contribution in [3.8, 4) is 5.75 Å². The Morgan fingerprint density at radius 2 is 2.00 bits per heavy atom. The summed E-state index contributed by atoms with van der Waals surface area (Å²) in [5.74, 6) is 0.952. The first-order valence-electron chi connectivity index (χ1n) is 6.58. The molecule has 0 bridgehead atoms. The third-order valence-electron chi connectivity index (χ3n) is 2.88. The van der Waals surface area contributed by atoms with Gasteiger partial charge in [-0.2, -0.15) is 0 Å². The topological polar surface area (TPSA) is 30.5 Å². The average Bonchev–Trinajstić information content (AvgIpc) is 2.29. The molecule has 0 fully saturated rings. The van der Waals surface area contributed by atoms with Crippen LogP contribution in [-0.4, -0.2) is 26.4 Å². The van der Waals surface area contributed by atoms with Crippen LogP contribution in [-0.2, 0) is 4.74 Å². The smallest absolute Gasteiger partial charge is 0.124 e. The fourth-order valence-electron chi connectivity index (χ4n) is 2.00. The maximum Gasteiger partial charge on any atom is 0.124 e. The van der Waals surface area contributed by atoms with Gasteiger partial charge in [-0.3, -0.25) is 0 Å². The summed E-state index contributed by atoms with van der Waals surface area (Å²) >= 11 is 0. The molecule has 0 amide bonds. The van der Waals surface area contributed by atoms with E-state index in [0.29, 0.717) is 12.6 Å².